The van der Waals surface area contributed by atoms with E-state index in [0.29, 0.717) is 67.3 Å². The van der Waals surface area contributed by atoms with Crippen molar-refractivity contribution in [1.82, 2.24) is 25.2 Å². The number of aliphatic hydroxyl groups excluding tert-OH is 1. The highest BCUT2D eigenvalue weighted by atomic mass is 32.2. The lowest BCUT2D eigenvalue weighted by molar-refractivity contribution is -0.113. The second-order valence-corrected chi connectivity index (χ2v) is 9.68. The lowest BCUT2D eigenvalue weighted by Gasteiger charge is -2.17. The number of hydrogen-bond donors (Lipinski definition) is 4. The van der Waals surface area contributed by atoms with Crippen LogP contribution < -0.4 is 16.2 Å². The molecule has 1 amide bonds. The number of thioether (sulfide) groups is 1. The Hall–Kier alpha value is -2.86. The first kappa shape index (κ1) is 22.9. The maximum atomic E-state index is 13.3. The van der Waals surface area contributed by atoms with Crippen molar-refractivity contribution in [2.75, 3.05) is 37.2 Å². The maximum Gasteiger partial charge on any atom is 0.251 e. The van der Waals surface area contributed by atoms with Crippen molar-refractivity contribution in [1.29, 1.82) is 0 Å². The number of amides is 1. The molecule has 4 N–H and O–H groups in total. The molecule has 0 radical (unpaired) electrons. The predicted molar refractivity (Wildman–Crippen MR) is 127 cm³/mol. The Labute approximate surface area is 199 Å². The van der Waals surface area contributed by atoms with Gasteiger partial charge >= 0.3 is 0 Å². The van der Waals surface area contributed by atoms with Crippen LogP contribution in [0.1, 0.15) is 11.3 Å². The fourth-order valence-electron chi connectivity index (χ4n) is 4.38. The molecule has 0 aliphatic carbocycles. The molecule has 0 bridgehead atoms. The van der Waals surface area contributed by atoms with Gasteiger partial charge in [0.25, 0.3) is 5.56 Å². The predicted octanol–water partition coefficient (Wildman–Crippen LogP) is 1.13. The summed E-state index contributed by atoms with van der Waals surface area (Å²) < 4.78 is 13.3. The van der Waals surface area contributed by atoms with Crippen LogP contribution in [0, 0.1) is 11.7 Å². The molecule has 2 atom stereocenters. The summed E-state index contributed by atoms with van der Waals surface area (Å²) in [7, 11) is 0. The average molecular weight is 485 g/mol. The molecule has 178 valence electrons. The first-order chi connectivity index (χ1) is 16.4. The van der Waals surface area contributed by atoms with Gasteiger partial charge in [-0.05, 0) is 24.6 Å². The zero-order valence-electron chi connectivity index (χ0n) is 18.4. The number of pyridine rings is 3. The first-order valence-corrected chi connectivity index (χ1v) is 12.1. The molecule has 3 aromatic heterocycles. The van der Waals surface area contributed by atoms with Crippen LogP contribution >= 0.6 is 11.8 Å². The summed E-state index contributed by atoms with van der Waals surface area (Å²) in [6, 6.07) is 6.87. The van der Waals surface area contributed by atoms with E-state index in [-0.39, 0.29) is 17.4 Å². The average Bonchev–Trinajstić information content (AvgIpc) is 3.16. The van der Waals surface area contributed by atoms with E-state index in [1.807, 2.05) is 12.1 Å². The topological polar surface area (TPSA) is 123 Å². The lowest BCUT2D eigenvalue weighted by Crippen LogP contribution is -2.30. The smallest absolute Gasteiger partial charge is 0.251 e. The number of aromatic amines is 1. The van der Waals surface area contributed by atoms with Crippen molar-refractivity contribution in [3.63, 3.8) is 0 Å². The number of anilines is 1. The quantitative estimate of drug-likeness (QED) is 0.394. The van der Waals surface area contributed by atoms with Crippen molar-refractivity contribution in [2.45, 2.75) is 24.0 Å². The van der Waals surface area contributed by atoms with E-state index < -0.39 is 11.9 Å². The van der Waals surface area contributed by atoms with Gasteiger partial charge in [0, 0.05) is 50.3 Å². The Bertz CT molecular complexity index is 1290. The second-order valence-electron chi connectivity index (χ2n) is 8.66. The molecule has 5 heterocycles. The molecule has 0 aromatic carbocycles. The van der Waals surface area contributed by atoms with Crippen LogP contribution in [-0.2, 0) is 17.8 Å². The van der Waals surface area contributed by atoms with E-state index in [0.717, 1.165) is 16.8 Å². The van der Waals surface area contributed by atoms with Gasteiger partial charge in [-0.15, -0.1) is 11.8 Å². The number of likely N-dealkylation sites (tertiary alicyclic amines) is 1. The molecule has 2 aliphatic heterocycles. The van der Waals surface area contributed by atoms with Crippen molar-refractivity contribution in [2.24, 2.45) is 5.92 Å². The molecular weight excluding hydrogens is 459 g/mol. The van der Waals surface area contributed by atoms with Gasteiger partial charge in [0.1, 0.15) is 11.6 Å². The second kappa shape index (κ2) is 9.79. The van der Waals surface area contributed by atoms with Crippen LogP contribution in [-0.4, -0.2) is 68.9 Å². The molecule has 0 unspecified atom stereocenters. The van der Waals surface area contributed by atoms with E-state index in [2.05, 4.69) is 30.5 Å². The summed E-state index contributed by atoms with van der Waals surface area (Å²) in [5.74, 6) is 0.549. The van der Waals surface area contributed by atoms with Crippen LogP contribution in [0.5, 0.6) is 0 Å². The largest absolute Gasteiger partial charge is 0.391 e. The molecule has 0 spiro atoms. The summed E-state index contributed by atoms with van der Waals surface area (Å²) in [6.45, 7) is 3.06. The van der Waals surface area contributed by atoms with Gasteiger partial charge in [-0.2, -0.15) is 0 Å². The normalized spacial score (nSPS) is 20.5. The third-order valence-electron chi connectivity index (χ3n) is 6.16. The number of nitrogens with zero attached hydrogens (tertiary/aromatic N) is 3. The van der Waals surface area contributed by atoms with E-state index in [1.165, 1.54) is 17.8 Å². The van der Waals surface area contributed by atoms with Crippen molar-refractivity contribution < 1.29 is 14.3 Å². The van der Waals surface area contributed by atoms with Crippen LogP contribution in [0.3, 0.4) is 0 Å². The molecule has 1 saturated heterocycles. The van der Waals surface area contributed by atoms with Gasteiger partial charge in [0.15, 0.2) is 0 Å². The molecule has 0 saturated carbocycles. The molecule has 5 rings (SSSR count). The molecule has 11 heteroatoms. The number of nitrogens with one attached hydrogen (secondary N) is 3. The fourth-order valence-corrected chi connectivity index (χ4v) is 5.13. The van der Waals surface area contributed by atoms with Crippen LogP contribution in [0.2, 0.25) is 0 Å². The van der Waals surface area contributed by atoms with Crippen molar-refractivity contribution >= 4 is 34.5 Å². The van der Waals surface area contributed by atoms with Crippen molar-refractivity contribution in [3.05, 3.63) is 57.9 Å². The van der Waals surface area contributed by atoms with Crippen LogP contribution in [0.15, 0.2) is 40.2 Å². The van der Waals surface area contributed by atoms with Gasteiger partial charge in [-0.1, -0.05) is 0 Å². The van der Waals surface area contributed by atoms with E-state index in [9.17, 15) is 19.1 Å². The summed E-state index contributed by atoms with van der Waals surface area (Å²) in [6.07, 6.45) is 1.19. The number of aliphatic hydroxyl groups is 1. The molecule has 9 nitrogen and oxygen atoms in total. The molecule has 3 aromatic rings. The lowest BCUT2D eigenvalue weighted by atomic mass is 10.1. The van der Waals surface area contributed by atoms with Crippen LogP contribution in [0.25, 0.3) is 11.0 Å². The van der Waals surface area contributed by atoms with Gasteiger partial charge in [-0.3, -0.25) is 14.6 Å². The zero-order chi connectivity index (χ0) is 23.7. The van der Waals surface area contributed by atoms with Gasteiger partial charge in [-0.25, -0.2) is 9.37 Å². The fraction of sp³-hybridized carbons (Fsp3) is 0.391. The van der Waals surface area contributed by atoms with E-state index in [4.69, 9.17) is 0 Å². The van der Waals surface area contributed by atoms with Gasteiger partial charge in [0.05, 0.1) is 39.7 Å². The number of rotatable bonds is 7. The number of hydrogen-bond acceptors (Lipinski definition) is 8. The van der Waals surface area contributed by atoms with Gasteiger partial charge in [0.2, 0.25) is 5.91 Å². The SMILES string of the molecule is O=C1CSc2ccc(CNC[C@H]3CN(CCc4cc5ncc(F)cc5[nH]c4=O)C[C@H]3O)nc2N1. The maximum absolute atomic E-state index is 13.3. The molecule has 2 aliphatic rings. The Balaban J connectivity index is 1.12. The summed E-state index contributed by atoms with van der Waals surface area (Å²) in [5.41, 5.74) is 2.10. The minimum absolute atomic E-state index is 0.0416. The molecular formula is C23H25FN6O3S. The Morgan fingerprint density at radius 2 is 2.15 bits per heavy atom. The number of carbonyl (C=O) groups is 1. The highest BCUT2D eigenvalue weighted by molar-refractivity contribution is 8.00. The minimum Gasteiger partial charge on any atom is -0.391 e. The summed E-state index contributed by atoms with van der Waals surface area (Å²) >= 11 is 1.48. The number of H-pyrrole nitrogens is 1. The van der Waals surface area contributed by atoms with Crippen molar-refractivity contribution in [3.8, 4) is 0 Å². The molecule has 1 fully saturated rings. The highest BCUT2D eigenvalue weighted by Gasteiger charge is 2.30. The number of β-amino-alcohol motifs (C(OH)–C–C–N with tert-alkyl or cyclic N) is 1. The Morgan fingerprint density at radius 1 is 1.26 bits per heavy atom. The number of halogens is 1. The van der Waals surface area contributed by atoms with Crippen LogP contribution in [0.4, 0.5) is 10.2 Å². The highest BCUT2D eigenvalue weighted by Crippen LogP contribution is 2.29. The number of aromatic nitrogens is 3. The minimum atomic E-state index is -0.491. The first-order valence-electron chi connectivity index (χ1n) is 11.2. The Kier molecular flexibility index (Phi) is 6.59. The third-order valence-corrected chi connectivity index (χ3v) is 7.21. The van der Waals surface area contributed by atoms with E-state index in [1.54, 1.807) is 6.07 Å². The summed E-state index contributed by atoms with van der Waals surface area (Å²) in [4.78, 5) is 38.3. The monoisotopic (exact) mass is 484 g/mol. The summed E-state index contributed by atoms with van der Waals surface area (Å²) in [5, 5.41) is 16.7. The van der Waals surface area contributed by atoms with Gasteiger partial charge < -0.3 is 25.6 Å². The Morgan fingerprint density at radius 3 is 3.03 bits per heavy atom. The molecule has 34 heavy (non-hydrogen) atoms. The number of fused-ring (bicyclic) bond motifs is 2. The van der Waals surface area contributed by atoms with E-state index >= 15 is 0 Å². The number of carbonyl (C=O) groups excluding carboxylic acids is 1. The zero-order valence-corrected chi connectivity index (χ0v) is 19.2. The third kappa shape index (κ3) is 5.12. The standard InChI is InChI=1S/C23H25FN6O3S/c24-15-6-18-17(26-8-15)5-13(23(33)28-18)3-4-30-10-14(19(31)11-30)7-25-9-16-1-2-20-22(27-16)29-21(32)12-34-20/h1-2,5-6,8,14,19,25,31H,3-4,7,9-12H2,(H,28,33)(H,27,29,32)/t14-,19+/m0/s1.